The molecule has 0 bridgehead atoms. The van der Waals surface area contributed by atoms with E-state index in [9.17, 15) is 17.2 Å². The van der Waals surface area contributed by atoms with Crippen molar-refractivity contribution >= 4 is 10.0 Å². The van der Waals surface area contributed by atoms with Gasteiger partial charge in [-0.1, -0.05) is 24.0 Å². The highest BCUT2D eigenvalue weighted by Gasteiger charge is 2.16. The summed E-state index contributed by atoms with van der Waals surface area (Å²) >= 11 is 0. The van der Waals surface area contributed by atoms with Crippen molar-refractivity contribution in [3.63, 3.8) is 0 Å². The smallest absolute Gasteiger partial charge is 0.261 e. The predicted octanol–water partition coefficient (Wildman–Crippen LogP) is 0.590. The molecule has 21 heavy (non-hydrogen) atoms. The number of alkyl halides is 2. The van der Waals surface area contributed by atoms with Crippen molar-refractivity contribution in [2.45, 2.75) is 11.3 Å². The lowest BCUT2D eigenvalue weighted by Gasteiger charge is -2.09. The van der Waals surface area contributed by atoms with Crippen LogP contribution in [-0.2, 0) is 14.8 Å². The second-order valence-corrected chi connectivity index (χ2v) is 5.56. The molecule has 1 aromatic carbocycles. The highest BCUT2D eigenvalue weighted by atomic mass is 32.2. The third-order valence-corrected chi connectivity index (χ3v) is 3.78. The van der Waals surface area contributed by atoms with Crippen LogP contribution in [-0.4, -0.2) is 46.3 Å². The number of sulfonamides is 1. The Morgan fingerprint density at radius 3 is 2.71 bits per heavy atom. The highest BCUT2D eigenvalue weighted by Crippen LogP contribution is 2.13. The highest BCUT2D eigenvalue weighted by molar-refractivity contribution is 7.89. The molecule has 0 atom stereocenters. The summed E-state index contributed by atoms with van der Waals surface area (Å²) in [6, 6.07) is 6.02. The molecule has 0 fully saturated rings. The Hall–Kier alpha value is -1.53. The van der Waals surface area contributed by atoms with Gasteiger partial charge in [-0.05, 0) is 12.1 Å². The van der Waals surface area contributed by atoms with E-state index in [-0.39, 0.29) is 30.2 Å². The summed E-state index contributed by atoms with van der Waals surface area (Å²) in [5.74, 6) is 4.91. The molecule has 0 saturated heterocycles. The molecule has 1 rings (SSSR count). The minimum atomic E-state index is -3.82. The van der Waals surface area contributed by atoms with Crippen LogP contribution in [0.5, 0.6) is 0 Å². The second-order valence-electron chi connectivity index (χ2n) is 3.82. The Bertz CT molecular complexity index is 608. The molecule has 2 N–H and O–H groups in total. The molecule has 0 spiro atoms. The maximum absolute atomic E-state index is 12.1. The predicted molar refractivity (Wildman–Crippen MR) is 72.4 cm³/mol. The van der Waals surface area contributed by atoms with Crippen molar-refractivity contribution in [1.29, 1.82) is 0 Å². The van der Waals surface area contributed by atoms with Gasteiger partial charge in [0.1, 0.15) is 13.2 Å². The molecular formula is C13H15F2NO4S. The van der Waals surface area contributed by atoms with Gasteiger partial charge in [-0.3, -0.25) is 0 Å². The Labute approximate surface area is 122 Å². The fraction of sp³-hybridized carbons (Fsp3) is 0.385. The number of hydrogen-bond acceptors (Lipinski definition) is 4. The minimum absolute atomic E-state index is 0.0418. The number of aliphatic hydroxyl groups excluding tert-OH is 1. The van der Waals surface area contributed by atoms with E-state index in [1.807, 2.05) is 0 Å². The maximum Gasteiger partial charge on any atom is 0.261 e. The molecule has 5 nitrogen and oxygen atoms in total. The summed E-state index contributed by atoms with van der Waals surface area (Å²) in [4.78, 5) is -0.0418. The number of aliphatic hydroxyl groups is 1. The van der Waals surface area contributed by atoms with Crippen LogP contribution in [0.3, 0.4) is 0 Å². The quantitative estimate of drug-likeness (QED) is 0.570. The Morgan fingerprint density at radius 2 is 2.05 bits per heavy atom. The van der Waals surface area contributed by atoms with E-state index < -0.39 is 23.1 Å². The standard InChI is InChI=1S/C13H15F2NO4S/c14-13(15)10-20-9-7-16-21(18,19)12-6-2-1-4-11(12)5-3-8-17/h1-2,4,6,13,16-17H,7-10H2. The van der Waals surface area contributed by atoms with Crippen LogP contribution in [0.4, 0.5) is 8.78 Å². The molecule has 0 unspecified atom stereocenters. The lowest BCUT2D eigenvalue weighted by atomic mass is 10.2. The zero-order valence-corrected chi connectivity index (χ0v) is 11.9. The van der Waals surface area contributed by atoms with E-state index in [0.717, 1.165) is 0 Å². The van der Waals surface area contributed by atoms with Gasteiger partial charge < -0.3 is 9.84 Å². The molecule has 0 aliphatic heterocycles. The molecule has 116 valence electrons. The van der Waals surface area contributed by atoms with E-state index in [4.69, 9.17) is 5.11 Å². The number of benzene rings is 1. The summed E-state index contributed by atoms with van der Waals surface area (Å²) < 4.78 is 54.6. The van der Waals surface area contributed by atoms with Crippen LogP contribution < -0.4 is 4.72 Å². The van der Waals surface area contributed by atoms with Gasteiger partial charge in [0.2, 0.25) is 10.0 Å². The maximum atomic E-state index is 12.1. The number of rotatable bonds is 7. The van der Waals surface area contributed by atoms with E-state index in [2.05, 4.69) is 21.3 Å². The largest absolute Gasteiger partial charge is 0.384 e. The molecule has 0 aliphatic carbocycles. The van der Waals surface area contributed by atoms with Gasteiger partial charge >= 0.3 is 0 Å². The molecule has 0 aromatic heterocycles. The zero-order valence-electron chi connectivity index (χ0n) is 11.1. The van der Waals surface area contributed by atoms with Gasteiger partial charge in [-0.25, -0.2) is 21.9 Å². The third kappa shape index (κ3) is 6.18. The number of ether oxygens (including phenoxy) is 1. The van der Waals surface area contributed by atoms with Crippen molar-refractivity contribution in [2.75, 3.05) is 26.4 Å². The number of halogens is 2. The van der Waals surface area contributed by atoms with Crippen LogP contribution >= 0.6 is 0 Å². The number of hydrogen-bond donors (Lipinski definition) is 2. The van der Waals surface area contributed by atoms with Gasteiger partial charge in [0.25, 0.3) is 6.43 Å². The molecule has 0 radical (unpaired) electrons. The van der Waals surface area contributed by atoms with Crippen LogP contribution in [0.2, 0.25) is 0 Å². The lowest BCUT2D eigenvalue weighted by molar-refractivity contribution is 0.0199. The van der Waals surface area contributed by atoms with E-state index in [1.54, 1.807) is 6.07 Å². The third-order valence-electron chi connectivity index (χ3n) is 2.26. The fourth-order valence-electron chi connectivity index (χ4n) is 1.44. The normalized spacial score (nSPS) is 11.2. The van der Waals surface area contributed by atoms with Gasteiger partial charge in [0.15, 0.2) is 0 Å². The molecule has 0 amide bonds. The summed E-state index contributed by atoms with van der Waals surface area (Å²) in [5, 5.41) is 8.65. The first-order valence-electron chi connectivity index (χ1n) is 6.01. The Morgan fingerprint density at radius 1 is 1.33 bits per heavy atom. The van der Waals surface area contributed by atoms with Gasteiger partial charge in [-0.15, -0.1) is 0 Å². The van der Waals surface area contributed by atoms with Crippen molar-refractivity contribution in [2.24, 2.45) is 0 Å². The number of nitrogens with one attached hydrogen (secondary N) is 1. The van der Waals surface area contributed by atoms with Crippen molar-refractivity contribution < 1.29 is 27.0 Å². The van der Waals surface area contributed by atoms with E-state index in [1.165, 1.54) is 18.2 Å². The van der Waals surface area contributed by atoms with Gasteiger partial charge in [0.05, 0.1) is 11.5 Å². The second kappa shape index (κ2) is 8.69. The van der Waals surface area contributed by atoms with Crippen molar-refractivity contribution in [3.8, 4) is 11.8 Å². The fourth-order valence-corrected chi connectivity index (χ4v) is 2.61. The average molecular weight is 319 g/mol. The molecule has 0 heterocycles. The van der Waals surface area contributed by atoms with Crippen LogP contribution in [0, 0.1) is 11.8 Å². The monoisotopic (exact) mass is 319 g/mol. The topological polar surface area (TPSA) is 75.6 Å². The Kier molecular flexibility index (Phi) is 7.25. The van der Waals surface area contributed by atoms with Crippen molar-refractivity contribution in [3.05, 3.63) is 29.8 Å². The summed E-state index contributed by atoms with van der Waals surface area (Å²) in [7, 11) is -3.82. The zero-order chi connectivity index (χ0) is 15.7. The average Bonchev–Trinajstić information content (AvgIpc) is 2.44. The van der Waals surface area contributed by atoms with E-state index >= 15 is 0 Å². The van der Waals surface area contributed by atoms with Gasteiger partial charge in [-0.2, -0.15) is 0 Å². The first-order chi connectivity index (χ1) is 9.97. The SMILES string of the molecule is O=S(=O)(NCCOCC(F)F)c1ccccc1C#CCO. The molecular weight excluding hydrogens is 304 g/mol. The first kappa shape index (κ1) is 17.5. The summed E-state index contributed by atoms with van der Waals surface area (Å²) in [5.41, 5.74) is 0.243. The van der Waals surface area contributed by atoms with Crippen molar-refractivity contribution in [1.82, 2.24) is 4.72 Å². The van der Waals surface area contributed by atoms with Crippen LogP contribution in [0.15, 0.2) is 29.2 Å². The summed E-state index contributed by atoms with van der Waals surface area (Å²) in [6.07, 6.45) is -2.59. The van der Waals surface area contributed by atoms with E-state index in [0.29, 0.717) is 0 Å². The Balaban J connectivity index is 2.70. The van der Waals surface area contributed by atoms with Crippen LogP contribution in [0.1, 0.15) is 5.56 Å². The molecule has 0 saturated carbocycles. The minimum Gasteiger partial charge on any atom is -0.384 e. The molecule has 8 heteroatoms. The molecule has 0 aliphatic rings. The lowest BCUT2D eigenvalue weighted by Crippen LogP contribution is -2.28. The van der Waals surface area contributed by atoms with Gasteiger partial charge in [0, 0.05) is 12.1 Å². The molecule has 1 aromatic rings. The summed E-state index contributed by atoms with van der Waals surface area (Å²) in [6.45, 7) is -1.41. The van der Waals surface area contributed by atoms with Crippen LogP contribution in [0.25, 0.3) is 0 Å². The first-order valence-corrected chi connectivity index (χ1v) is 7.50.